The average molecular weight is 386 g/mol. The van der Waals surface area contributed by atoms with Gasteiger partial charge in [0.2, 0.25) is 10.0 Å². The summed E-state index contributed by atoms with van der Waals surface area (Å²) in [5.41, 5.74) is 0.603. The minimum Gasteiger partial charge on any atom is -0.469 e. The third-order valence-electron chi connectivity index (χ3n) is 3.87. The predicted molar refractivity (Wildman–Crippen MR) is 99.9 cm³/mol. The summed E-state index contributed by atoms with van der Waals surface area (Å²) in [4.78, 5) is 11.3. The number of esters is 1. The zero-order valence-corrected chi connectivity index (χ0v) is 15.8. The summed E-state index contributed by atoms with van der Waals surface area (Å²) >= 11 is 5.19. The molecule has 0 aliphatic carbocycles. The van der Waals surface area contributed by atoms with Gasteiger partial charge in [0.15, 0.2) is 5.11 Å². The summed E-state index contributed by atoms with van der Waals surface area (Å²) < 4.78 is 31.2. The van der Waals surface area contributed by atoms with Gasteiger partial charge < -0.3 is 15.4 Å². The number of carbonyl (C=O) groups excluding carboxylic acids is 1. The van der Waals surface area contributed by atoms with E-state index in [4.69, 9.17) is 12.2 Å². The molecule has 0 amide bonds. The van der Waals surface area contributed by atoms with Crippen LogP contribution in [0.3, 0.4) is 0 Å². The smallest absolute Gasteiger partial charge is 0.305 e. The van der Waals surface area contributed by atoms with Gasteiger partial charge in [0.05, 0.1) is 12.0 Å². The van der Waals surface area contributed by atoms with Crippen molar-refractivity contribution in [1.82, 2.24) is 9.62 Å². The Morgan fingerprint density at radius 1 is 1.32 bits per heavy atom. The molecule has 0 aromatic heterocycles. The van der Waals surface area contributed by atoms with Gasteiger partial charge in [-0.25, -0.2) is 8.42 Å². The maximum absolute atomic E-state index is 12.6. The number of nitrogens with zero attached hydrogens (tertiary/aromatic N) is 1. The molecular formula is C16H23N3O4S2. The van der Waals surface area contributed by atoms with Gasteiger partial charge in [0, 0.05) is 31.7 Å². The Balaban J connectivity index is 1.90. The summed E-state index contributed by atoms with van der Waals surface area (Å²) in [5, 5.41) is 6.32. The third kappa shape index (κ3) is 5.65. The lowest BCUT2D eigenvalue weighted by Crippen LogP contribution is -2.30. The van der Waals surface area contributed by atoms with E-state index >= 15 is 0 Å². The third-order valence-corrected chi connectivity index (χ3v) is 6.01. The molecule has 1 saturated heterocycles. The van der Waals surface area contributed by atoms with Gasteiger partial charge in [-0.2, -0.15) is 4.31 Å². The van der Waals surface area contributed by atoms with Crippen molar-refractivity contribution >= 4 is 39.0 Å². The molecular weight excluding hydrogens is 362 g/mol. The molecule has 0 bridgehead atoms. The van der Waals surface area contributed by atoms with E-state index in [2.05, 4.69) is 15.4 Å². The van der Waals surface area contributed by atoms with Crippen molar-refractivity contribution in [1.29, 1.82) is 0 Å². The number of hydrogen-bond donors (Lipinski definition) is 2. The minimum atomic E-state index is -3.45. The molecule has 1 aromatic rings. The zero-order valence-electron chi connectivity index (χ0n) is 14.2. The number of thiocarbonyl (C=S) groups is 1. The number of nitrogens with one attached hydrogen (secondary N) is 2. The van der Waals surface area contributed by atoms with E-state index in [0.717, 1.165) is 12.8 Å². The molecule has 0 radical (unpaired) electrons. The summed E-state index contributed by atoms with van der Waals surface area (Å²) in [5.74, 6) is -0.263. The molecule has 1 aromatic carbocycles. The Labute approximate surface area is 153 Å². The number of rotatable bonds is 7. The highest BCUT2D eigenvalue weighted by molar-refractivity contribution is 7.89. The first kappa shape index (κ1) is 19.6. The molecule has 1 aliphatic heterocycles. The van der Waals surface area contributed by atoms with Crippen molar-refractivity contribution in [2.75, 3.05) is 32.1 Å². The topological polar surface area (TPSA) is 87.7 Å². The number of methoxy groups -OCH3 is 1. The van der Waals surface area contributed by atoms with E-state index in [1.807, 2.05) is 0 Å². The highest BCUT2D eigenvalue weighted by Crippen LogP contribution is 2.23. The van der Waals surface area contributed by atoms with Crippen LogP contribution < -0.4 is 10.6 Å². The fraction of sp³-hybridized carbons (Fsp3) is 0.500. The lowest BCUT2D eigenvalue weighted by atomic mass is 10.3. The second-order valence-electron chi connectivity index (χ2n) is 5.70. The van der Waals surface area contributed by atoms with Crippen molar-refractivity contribution in [3.8, 4) is 0 Å². The quantitative estimate of drug-likeness (QED) is 0.420. The van der Waals surface area contributed by atoms with Crippen LogP contribution in [0.2, 0.25) is 0 Å². The van der Waals surface area contributed by atoms with Crippen LogP contribution in [0.5, 0.6) is 0 Å². The Morgan fingerprint density at radius 2 is 2.04 bits per heavy atom. The lowest BCUT2D eigenvalue weighted by molar-refractivity contribution is -0.140. The molecule has 1 heterocycles. The first-order valence-corrected chi connectivity index (χ1v) is 10.00. The van der Waals surface area contributed by atoms with Crippen LogP contribution in [0, 0.1) is 0 Å². The summed E-state index contributed by atoms with van der Waals surface area (Å²) in [6, 6.07) is 6.61. The second-order valence-corrected chi connectivity index (χ2v) is 8.05. The summed E-state index contributed by atoms with van der Waals surface area (Å²) in [7, 11) is -2.10. The van der Waals surface area contributed by atoms with E-state index in [-0.39, 0.29) is 10.9 Å². The normalized spacial score (nSPS) is 14.9. The van der Waals surface area contributed by atoms with Gasteiger partial charge in [0.25, 0.3) is 0 Å². The average Bonchev–Trinajstić information content (AvgIpc) is 3.14. The van der Waals surface area contributed by atoms with Crippen LogP contribution >= 0.6 is 12.2 Å². The van der Waals surface area contributed by atoms with Crippen LogP contribution in [-0.4, -0.2) is 50.5 Å². The van der Waals surface area contributed by atoms with Crippen LogP contribution in [-0.2, 0) is 19.6 Å². The van der Waals surface area contributed by atoms with Gasteiger partial charge in [-0.1, -0.05) is 6.07 Å². The maximum Gasteiger partial charge on any atom is 0.305 e. The van der Waals surface area contributed by atoms with Gasteiger partial charge in [0.1, 0.15) is 0 Å². The molecule has 0 unspecified atom stereocenters. The molecule has 9 heteroatoms. The van der Waals surface area contributed by atoms with Crippen molar-refractivity contribution in [3.05, 3.63) is 24.3 Å². The number of sulfonamides is 1. The Bertz CT molecular complexity index is 716. The van der Waals surface area contributed by atoms with Crippen LogP contribution in [0.4, 0.5) is 5.69 Å². The lowest BCUT2D eigenvalue weighted by Gasteiger charge is -2.16. The van der Waals surface area contributed by atoms with Gasteiger partial charge in [-0.15, -0.1) is 0 Å². The van der Waals surface area contributed by atoms with E-state index in [0.29, 0.717) is 43.3 Å². The summed E-state index contributed by atoms with van der Waals surface area (Å²) in [6.45, 7) is 1.66. The van der Waals surface area contributed by atoms with Gasteiger partial charge in [-0.3, -0.25) is 4.79 Å². The molecule has 25 heavy (non-hydrogen) atoms. The zero-order chi connectivity index (χ0) is 18.3. The fourth-order valence-corrected chi connectivity index (χ4v) is 4.31. The molecule has 1 aliphatic rings. The Hall–Kier alpha value is -1.71. The van der Waals surface area contributed by atoms with E-state index in [1.54, 1.807) is 24.3 Å². The van der Waals surface area contributed by atoms with Crippen molar-refractivity contribution in [2.24, 2.45) is 0 Å². The van der Waals surface area contributed by atoms with E-state index in [1.165, 1.54) is 11.4 Å². The van der Waals surface area contributed by atoms with E-state index < -0.39 is 10.0 Å². The van der Waals surface area contributed by atoms with Crippen molar-refractivity contribution in [3.63, 3.8) is 0 Å². The molecule has 0 spiro atoms. The molecule has 7 nitrogen and oxygen atoms in total. The molecule has 0 atom stereocenters. The number of anilines is 1. The summed E-state index contributed by atoms with van der Waals surface area (Å²) in [6.07, 6.45) is 2.71. The molecule has 1 fully saturated rings. The highest BCUT2D eigenvalue weighted by atomic mass is 32.2. The SMILES string of the molecule is COC(=O)CCCNC(=S)Nc1cccc(S(=O)(=O)N2CCCC2)c1. The minimum absolute atomic E-state index is 0.257. The number of ether oxygens (including phenoxy) is 1. The molecule has 138 valence electrons. The van der Waals surface area contributed by atoms with Gasteiger partial charge in [-0.05, 0) is 49.7 Å². The number of hydrogen-bond acceptors (Lipinski definition) is 5. The predicted octanol–water partition coefficient (Wildman–Crippen LogP) is 1.71. The van der Waals surface area contributed by atoms with Crippen LogP contribution in [0.1, 0.15) is 25.7 Å². The highest BCUT2D eigenvalue weighted by Gasteiger charge is 2.27. The first-order valence-electron chi connectivity index (χ1n) is 8.15. The fourth-order valence-electron chi connectivity index (χ4n) is 2.52. The second kappa shape index (κ2) is 9.12. The molecule has 2 rings (SSSR count). The van der Waals surface area contributed by atoms with Crippen molar-refractivity contribution < 1.29 is 17.9 Å². The Kier molecular flexibility index (Phi) is 7.15. The standard InChI is InChI=1S/C16H23N3O4S2/c1-23-15(20)8-5-9-17-16(24)18-13-6-4-7-14(12-13)25(21,22)19-10-2-3-11-19/h4,6-7,12H,2-3,5,8-11H2,1H3,(H2,17,18,24). The van der Waals surface area contributed by atoms with Crippen LogP contribution in [0.15, 0.2) is 29.2 Å². The number of benzene rings is 1. The van der Waals surface area contributed by atoms with Crippen LogP contribution in [0.25, 0.3) is 0 Å². The molecule has 0 saturated carbocycles. The Morgan fingerprint density at radius 3 is 2.72 bits per heavy atom. The maximum atomic E-state index is 12.6. The molecule has 2 N–H and O–H groups in total. The monoisotopic (exact) mass is 385 g/mol. The van der Waals surface area contributed by atoms with E-state index in [9.17, 15) is 13.2 Å². The number of carbonyl (C=O) groups is 1. The van der Waals surface area contributed by atoms with Crippen molar-refractivity contribution in [2.45, 2.75) is 30.6 Å². The largest absolute Gasteiger partial charge is 0.469 e. The van der Waals surface area contributed by atoms with Gasteiger partial charge >= 0.3 is 5.97 Å². The first-order chi connectivity index (χ1) is 11.9.